The molecule has 1 aliphatic heterocycles. The molecule has 10 heteroatoms. The van der Waals surface area contributed by atoms with Crippen molar-refractivity contribution < 1.29 is 18.4 Å². The fraction of sp³-hybridized carbons (Fsp3) is 0.586. The molecule has 210 valence electrons. The number of carbonyl (C=O) groups is 2. The standard InChI is InChI=1S/C29H39N5O4S/c1-33(23-13-16-34(17-14-23)27-12-15-30-26(32-27)19-39(37)38)29(36)22-8-7-21-9-10-25(24(21)18-22)31-28(35)11-6-20-4-2-3-5-20/h7-8,12,15,18,20,23,25H,2-6,9-11,13-14,16-17,19H2,1H3,(H,31,35)(H,37,38). The van der Waals surface area contributed by atoms with E-state index in [2.05, 4.69) is 26.3 Å². The number of aromatic nitrogens is 2. The second kappa shape index (κ2) is 12.6. The Bertz CT molecular complexity index is 1210. The lowest BCUT2D eigenvalue weighted by molar-refractivity contribution is -0.122. The summed E-state index contributed by atoms with van der Waals surface area (Å²) < 4.78 is 20.3. The first-order chi connectivity index (χ1) is 18.9. The number of aryl methyl sites for hydroxylation is 1. The van der Waals surface area contributed by atoms with Crippen molar-refractivity contribution >= 4 is 28.7 Å². The fourth-order valence-corrected chi connectivity index (χ4v) is 6.74. The first-order valence-electron chi connectivity index (χ1n) is 14.2. The molecule has 2 aromatic rings. The Labute approximate surface area is 233 Å². The van der Waals surface area contributed by atoms with Gasteiger partial charge in [0.1, 0.15) is 17.4 Å². The fourth-order valence-electron chi connectivity index (χ4n) is 6.38. The van der Waals surface area contributed by atoms with Crippen LogP contribution in [0.1, 0.15) is 91.1 Å². The summed E-state index contributed by atoms with van der Waals surface area (Å²) in [6.45, 7) is 1.47. The van der Waals surface area contributed by atoms with Crippen molar-refractivity contribution in [1.29, 1.82) is 0 Å². The van der Waals surface area contributed by atoms with Crippen molar-refractivity contribution in [2.45, 2.75) is 82.0 Å². The van der Waals surface area contributed by atoms with Gasteiger partial charge >= 0.3 is 0 Å². The number of hydrogen-bond donors (Lipinski definition) is 2. The molecule has 1 aromatic carbocycles. The van der Waals surface area contributed by atoms with E-state index in [0.717, 1.165) is 56.6 Å². The third-order valence-electron chi connectivity index (χ3n) is 8.66. The van der Waals surface area contributed by atoms with E-state index in [9.17, 15) is 13.8 Å². The summed E-state index contributed by atoms with van der Waals surface area (Å²) in [6, 6.07) is 7.87. The Kier molecular flexibility index (Phi) is 8.92. The summed E-state index contributed by atoms with van der Waals surface area (Å²) in [5.41, 5.74) is 2.97. The molecule has 2 amide bonds. The van der Waals surface area contributed by atoms with Gasteiger partial charge in [-0.3, -0.25) is 9.59 Å². The van der Waals surface area contributed by atoms with Gasteiger partial charge in [-0.2, -0.15) is 0 Å². The van der Waals surface area contributed by atoms with Crippen LogP contribution < -0.4 is 10.2 Å². The van der Waals surface area contributed by atoms with Crippen LogP contribution in [0, 0.1) is 5.92 Å². The summed E-state index contributed by atoms with van der Waals surface area (Å²) in [4.78, 5) is 38.6. The maximum absolute atomic E-state index is 13.5. The molecule has 39 heavy (non-hydrogen) atoms. The van der Waals surface area contributed by atoms with Crippen LogP contribution >= 0.6 is 0 Å². The lowest BCUT2D eigenvalue weighted by Crippen LogP contribution is -2.46. The van der Waals surface area contributed by atoms with Gasteiger partial charge < -0.3 is 19.7 Å². The molecule has 2 aliphatic carbocycles. The number of rotatable bonds is 9. The Balaban J connectivity index is 1.16. The zero-order valence-electron chi connectivity index (χ0n) is 22.7. The van der Waals surface area contributed by atoms with Crippen molar-refractivity contribution in [3.63, 3.8) is 0 Å². The zero-order valence-corrected chi connectivity index (χ0v) is 23.5. The average Bonchev–Trinajstić information content (AvgIpc) is 3.61. The predicted octanol–water partition coefficient (Wildman–Crippen LogP) is 4.01. The summed E-state index contributed by atoms with van der Waals surface area (Å²) in [5.74, 6) is 1.84. The first-order valence-corrected chi connectivity index (χ1v) is 15.5. The number of anilines is 1. The van der Waals surface area contributed by atoms with Crippen molar-refractivity contribution in [3.05, 3.63) is 53.0 Å². The minimum absolute atomic E-state index is 0.00390. The van der Waals surface area contributed by atoms with E-state index in [-0.39, 0.29) is 29.7 Å². The third-order valence-corrected chi connectivity index (χ3v) is 9.17. The normalized spacial score (nSPS) is 20.6. The van der Waals surface area contributed by atoms with Gasteiger partial charge in [-0.25, -0.2) is 14.2 Å². The third kappa shape index (κ3) is 6.84. The van der Waals surface area contributed by atoms with Gasteiger partial charge in [0.05, 0.1) is 6.04 Å². The van der Waals surface area contributed by atoms with Crippen LogP contribution in [-0.2, 0) is 28.0 Å². The molecule has 2 heterocycles. The smallest absolute Gasteiger partial charge is 0.253 e. The zero-order chi connectivity index (χ0) is 27.4. The number of nitrogens with one attached hydrogen (secondary N) is 1. The number of fused-ring (bicyclic) bond motifs is 1. The van der Waals surface area contributed by atoms with Gasteiger partial charge in [0, 0.05) is 44.4 Å². The second-order valence-electron chi connectivity index (χ2n) is 11.2. The van der Waals surface area contributed by atoms with Gasteiger partial charge in [-0.1, -0.05) is 31.7 Å². The molecule has 0 radical (unpaired) electrons. The van der Waals surface area contributed by atoms with E-state index >= 15 is 0 Å². The minimum Gasteiger partial charge on any atom is -0.356 e. The van der Waals surface area contributed by atoms with Gasteiger partial charge in [-0.05, 0) is 67.3 Å². The average molecular weight is 554 g/mol. The minimum atomic E-state index is -1.98. The molecule has 2 fully saturated rings. The van der Waals surface area contributed by atoms with Crippen LogP contribution in [0.2, 0.25) is 0 Å². The Morgan fingerprint density at radius 2 is 1.90 bits per heavy atom. The number of carbonyl (C=O) groups excluding carboxylic acids is 2. The van der Waals surface area contributed by atoms with E-state index in [1.807, 2.05) is 30.1 Å². The highest BCUT2D eigenvalue weighted by molar-refractivity contribution is 7.78. The summed E-state index contributed by atoms with van der Waals surface area (Å²) >= 11 is -1.98. The van der Waals surface area contributed by atoms with Crippen molar-refractivity contribution in [2.75, 3.05) is 25.0 Å². The first kappa shape index (κ1) is 27.7. The number of amides is 2. The van der Waals surface area contributed by atoms with Gasteiger partial charge in [0.2, 0.25) is 5.91 Å². The maximum atomic E-state index is 13.5. The van der Waals surface area contributed by atoms with E-state index < -0.39 is 11.1 Å². The quantitative estimate of drug-likeness (QED) is 0.451. The molecule has 5 rings (SSSR count). The van der Waals surface area contributed by atoms with Crippen molar-refractivity contribution in [1.82, 2.24) is 20.2 Å². The second-order valence-corrected chi connectivity index (χ2v) is 12.1. The molecule has 1 aromatic heterocycles. The van der Waals surface area contributed by atoms with Crippen LogP contribution in [0.15, 0.2) is 30.5 Å². The molecule has 3 aliphatic rings. The van der Waals surface area contributed by atoms with E-state index in [1.54, 1.807) is 6.20 Å². The lowest BCUT2D eigenvalue weighted by atomic mass is 10.00. The van der Waals surface area contributed by atoms with E-state index in [4.69, 9.17) is 4.55 Å². The highest BCUT2D eigenvalue weighted by Gasteiger charge is 2.29. The molecule has 0 bridgehead atoms. The van der Waals surface area contributed by atoms with E-state index in [1.165, 1.54) is 31.2 Å². The molecule has 9 nitrogen and oxygen atoms in total. The molecule has 2 N–H and O–H groups in total. The van der Waals surface area contributed by atoms with Crippen LogP contribution in [-0.4, -0.2) is 61.6 Å². The maximum Gasteiger partial charge on any atom is 0.253 e. The highest BCUT2D eigenvalue weighted by Crippen LogP contribution is 2.33. The van der Waals surface area contributed by atoms with Crippen molar-refractivity contribution in [2.24, 2.45) is 5.92 Å². The molecule has 2 atom stereocenters. The van der Waals surface area contributed by atoms with Gasteiger partial charge in [0.25, 0.3) is 5.91 Å². The molecular formula is C29H39N5O4S. The monoisotopic (exact) mass is 553 g/mol. The van der Waals surface area contributed by atoms with Crippen LogP contribution in [0.25, 0.3) is 0 Å². The predicted molar refractivity (Wildman–Crippen MR) is 151 cm³/mol. The van der Waals surface area contributed by atoms with E-state index in [0.29, 0.717) is 23.7 Å². The number of piperidine rings is 1. The number of nitrogens with zero attached hydrogens (tertiary/aromatic N) is 4. The largest absolute Gasteiger partial charge is 0.356 e. The van der Waals surface area contributed by atoms with Gasteiger partial charge in [-0.15, -0.1) is 0 Å². The molecule has 1 saturated carbocycles. The topological polar surface area (TPSA) is 116 Å². The molecule has 0 spiro atoms. The van der Waals surface area contributed by atoms with Crippen LogP contribution in [0.5, 0.6) is 0 Å². The highest BCUT2D eigenvalue weighted by atomic mass is 32.2. The number of hydrogen-bond acceptors (Lipinski definition) is 6. The summed E-state index contributed by atoms with van der Waals surface area (Å²) in [7, 11) is 1.87. The van der Waals surface area contributed by atoms with Crippen LogP contribution in [0.3, 0.4) is 0 Å². The Hall–Kier alpha value is -2.85. The molecular weight excluding hydrogens is 514 g/mol. The van der Waals surface area contributed by atoms with Gasteiger partial charge in [0.15, 0.2) is 11.1 Å². The van der Waals surface area contributed by atoms with Crippen molar-refractivity contribution in [3.8, 4) is 0 Å². The Morgan fingerprint density at radius 1 is 1.13 bits per heavy atom. The molecule has 2 unspecified atom stereocenters. The SMILES string of the molecule is CN(C(=O)c1ccc2c(c1)C(NC(=O)CCC1CCCC1)CC2)C1CCN(c2ccnc(CS(=O)O)n2)CC1. The van der Waals surface area contributed by atoms with Crippen LogP contribution in [0.4, 0.5) is 5.82 Å². The number of benzene rings is 1. The summed E-state index contributed by atoms with van der Waals surface area (Å²) in [5, 5.41) is 3.24. The molecule has 1 saturated heterocycles. The summed E-state index contributed by atoms with van der Waals surface area (Å²) in [6.07, 6.45) is 11.7. The lowest BCUT2D eigenvalue weighted by Gasteiger charge is -2.37. The Morgan fingerprint density at radius 3 is 2.64 bits per heavy atom.